The van der Waals surface area contributed by atoms with Gasteiger partial charge in [0.05, 0.1) is 7.11 Å². The van der Waals surface area contributed by atoms with E-state index in [1.165, 1.54) is 32.8 Å². The molecule has 1 aromatic rings. The minimum absolute atomic E-state index is 0.310. The molecule has 0 saturated heterocycles. The SMILES string of the molecule is COC(=O)Nc1cccc(NC2CCCCC2(C)C)c1. The molecule has 20 heavy (non-hydrogen) atoms. The van der Waals surface area contributed by atoms with Gasteiger partial charge in [-0.25, -0.2) is 4.79 Å². The number of carbonyl (C=O) groups is 1. The van der Waals surface area contributed by atoms with Crippen molar-refractivity contribution in [2.24, 2.45) is 5.41 Å². The lowest BCUT2D eigenvalue weighted by Gasteiger charge is -2.39. The van der Waals surface area contributed by atoms with Crippen LogP contribution in [0.4, 0.5) is 16.2 Å². The lowest BCUT2D eigenvalue weighted by molar-refractivity contribution is 0.187. The van der Waals surface area contributed by atoms with Gasteiger partial charge in [0, 0.05) is 17.4 Å². The van der Waals surface area contributed by atoms with Gasteiger partial charge >= 0.3 is 6.09 Å². The minimum atomic E-state index is -0.444. The summed E-state index contributed by atoms with van der Waals surface area (Å²) in [6.45, 7) is 4.64. The van der Waals surface area contributed by atoms with Gasteiger partial charge in [-0.05, 0) is 36.5 Å². The molecule has 4 heteroatoms. The Morgan fingerprint density at radius 1 is 1.30 bits per heavy atom. The Morgan fingerprint density at radius 3 is 2.75 bits per heavy atom. The third-order valence-corrected chi connectivity index (χ3v) is 4.14. The molecule has 2 rings (SSSR count). The van der Waals surface area contributed by atoms with Crippen molar-refractivity contribution >= 4 is 17.5 Å². The molecule has 1 fully saturated rings. The third kappa shape index (κ3) is 3.65. The summed E-state index contributed by atoms with van der Waals surface area (Å²) in [6, 6.07) is 8.25. The maximum Gasteiger partial charge on any atom is 0.411 e. The van der Waals surface area contributed by atoms with E-state index < -0.39 is 6.09 Å². The first kappa shape index (κ1) is 14.7. The summed E-state index contributed by atoms with van der Waals surface area (Å²) in [5.41, 5.74) is 2.10. The summed E-state index contributed by atoms with van der Waals surface area (Å²) in [6.07, 6.45) is 4.60. The first-order valence-corrected chi connectivity index (χ1v) is 7.23. The molecule has 1 saturated carbocycles. The van der Waals surface area contributed by atoms with Crippen LogP contribution in [0.2, 0.25) is 0 Å². The van der Waals surface area contributed by atoms with Gasteiger partial charge in [-0.2, -0.15) is 0 Å². The number of benzene rings is 1. The number of nitrogens with one attached hydrogen (secondary N) is 2. The van der Waals surface area contributed by atoms with Crippen molar-refractivity contribution in [3.8, 4) is 0 Å². The first-order chi connectivity index (χ1) is 9.51. The predicted octanol–water partition coefficient (Wildman–Crippen LogP) is 4.25. The molecule has 0 heterocycles. The minimum Gasteiger partial charge on any atom is -0.453 e. The van der Waals surface area contributed by atoms with Crippen molar-refractivity contribution < 1.29 is 9.53 Å². The van der Waals surface area contributed by atoms with Gasteiger partial charge in [0.1, 0.15) is 0 Å². The summed E-state index contributed by atoms with van der Waals surface area (Å²) in [5.74, 6) is 0. The van der Waals surface area contributed by atoms with Gasteiger partial charge in [-0.15, -0.1) is 0 Å². The Hall–Kier alpha value is -1.71. The van der Waals surface area contributed by atoms with Gasteiger partial charge < -0.3 is 10.1 Å². The molecular weight excluding hydrogens is 252 g/mol. The van der Waals surface area contributed by atoms with E-state index >= 15 is 0 Å². The zero-order valence-electron chi connectivity index (χ0n) is 12.5. The molecule has 1 unspecified atom stereocenters. The van der Waals surface area contributed by atoms with Gasteiger partial charge in [-0.1, -0.05) is 32.8 Å². The van der Waals surface area contributed by atoms with E-state index in [2.05, 4.69) is 29.2 Å². The molecule has 2 N–H and O–H groups in total. The summed E-state index contributed by atoms with van der Waals surface area (Å²) < 4.78 is 4.61. The maximum atomic E-state index is 11.2. The fraction of sp³-hybridized carbons (Fsp3) is 0.562. The normalized spacial score (nSPS) is 21.1. The van der Waals surface area contributed by atoms with Crippen LogP contribution in [0.5, 0.6) is 0 Å². The average Bonchev–Trinajstić information content (AvgIpc) is 2.41. The monoisotopic (exact) mass is 276 g/mol. The molecule has 4 nitrogen and oxygen atoms in total. The Kier molecular flexibility index (Phi) is 4.53. The van der Waals surface area contributed by atoms with Crippen LogP contribution in [0, 0.1) is 5.41 Å². The number of hydrogen-bond acceptors (Lipinski definition) is 3. The standard InChI is InChI=1S/C16H24N2O2/c1-16(2)10-5-4-9-14(16)17-12-7-6-8-13(11-12)18-15(19)20-3/h6-8,11,14,17H,4-5,9-10H2,1-3H3,(H,18,19). The Labute approximate surface area is 120 Å². The second-order valence-corrected chi connectivity index (χ2v) is 6.13. The molecule has 0 radical (unpaired) electrons. The van der Waals surface area contributed by atoms with Crippen LogP contribution in [0.15, 0.2) is 24.3 Å². The number of carbonyl (C=O) groups excluding carboxylic acids is 1. The lowest BCUT2D eigenvalue weighted by atomic mass is 9.73. The van der Waals surface area contributed by atoms with Crippen molar-refractivity contribution in [3.05, 3.63) is 24.3 Å². The zero-order valence-corrected chi connectivity index (χ0v) is 12.5. The molecule has 1 aliphatic carbocycles. The van der Waals surface area contributed by atoms with Gasteiger partial charge in [0.15, 0.2) is 0 Å². The molecule has 110 valence electrons. The van der Waals surface area contributed by atoms with Crippen LogP contribution < -0.4 is 10.6 Å². The highest BCUT2D eigenvalue weighted by atomic mass is 16.5. The number of amides is 1. The van der Waals surface area contributed by atoms with Crippen molar-refractivity contribution in [2.75, 3.05) is 17.7 Å². The van der Waals surface area contributed by atoms with Crippen LogP contribution in [0.3, 0.4) is 0 Å². The first-order valence-electron chi connectivity index (χ1n) is 7.23. The fourth-order valence-electron chi connectivity index (χ4n) is 2.82. The maximum absolute atomic E-state index is 11.2. The van der Waals surface area contributed by atoms with E-state index in [-0.39, 0.29) is 0 Å². The molecule has 1 aromatic carbocycles. The summed E-state index contributed by atoms with van der Waals surface area (Å²) in [5, 5.41) is 6.30. The lowest BCUT2D eigenvalue weighted by Crippen LogP contribution is -2.38. The number of ether oxygens (including phenoxy) is 1. The molecule has 0 aliphatic heterocycles. The van der Waals surface area contributed by atoms with Crippen molar-refractivity contribution in [3.63, 3.8) is 0 Å². The number of methoxy groups -OCH3 is 1. The van der Waals surface area contributed by atoms with E-state index in [1.807, 2.05) is 24.3 Å². The highest BCUT2D eigenvalue weighted by Gasteiger charge is 2.31. The van der Waals surface area contributed by atoms with Crippen molar-refractivity contribution in [2.45, 2.75) is 45.6 Å². The zero-order chi connectivity index (χ0) is 14.6. The predicted molar refractivity (Wildman–Crippen MR) is 82.1 cm³/mol. The Balaban J connectivity index is 2.05. The van der Waals surface area contributed by atoms with Crippen LogP contribution >= 0.6 is 0 Å². The molecule has 1 atom stereocenters. The van der Waals surface area contributed by atoms with Crippen molar-refractivity contribution in [1.82, 2.24) is 0 Å². The molecule has 0 aromatic heterocycles. The number of anilines is 2. The molecule has 0 bridgehead atoms. The summed E-state index contributed by atoms with van der Waals surface area (Å²) >= 11 is 0. The summed E-state index contributed by atoms with van der Waals surface area (Å²) in [4.78, 5) is 11.2. The number of hydrogen-bond donors (Lipinski definition) is 2. The Morgan fingerprint density at radius 2 is 2.05 bits per heavy atom. The van der Waals surface area contributed by atoms with Crippen LogP contribution in [-0.2, 0) is 4.74 Å². The molecule has 0 spiro atoms. The van der Waals surface area contributed by atoms with E-state index in [0.29, 0.717) is 11.5 Å². The molecule has 1 aliphatic rings. The molecular formula is C16H24N2O2. The largest absolute Gasteiger partial charge is 0.453 e. The second kappa shape index (κ2) is 6.16. The highest BCUT2D eigenvalue weighted by molar-refractivity contribution is 5.85. The third-order valence-electron chi connectivity index (χ3n) is 4.14. The van der Waals surface area contributed by atoms with Crippen LogP contribution in [0.1, 0.15) is 39.5 Å². The van der Waals surface area contributed by atoms with E-state index in [4.69, 9.17) is 0 Å². The van der Waals surface area contributed by atoms with Crippen LogP contribution in [-0.4, -0.2) is 19.2 Å². The Bertz CT molecular complexity index is 471. The quantitative estimate of drug-likeness (QED) is 0.868. The van der Waals surface area contributed by atoms with Gasteiger partial charge in [-0.3, -0.25) is 5.32 Å². The van der Waals surface area contributed by atoms with Gasteiger partial charge in [0.25, 0.3) is 0 Å². The topological polar surface area (TPSA) is 50.4 Å². The second-order valence-electron chi connectivity index (χ2n) is 6.13. The van der Waals surface area contributed by atoms with Gasteiger partial charge in [0.2, 0.25) is 0 Å². The van der Waals surface area contributed by atoms with Crippen LogP contribution in [0.25, 0.3) is 0 Å². The number of rotatable bonds is 3. The smallest absolute Gasteiger partial charge is 0.411 e. The van der Waals surface area contributed by atoms with E-state index in [0.717, 1.165) is 11.4 Å². The summed E-state index contributed by atoms with van der Waals surface area (Å²) in [7, 11) is 1.36. The molecule has 1 amide bonds. The highest BCUT2D eigenvalue weighted by Crippen LogP contribution is 2.37. The average molecular weight is 276 g/mol. The van der Waals surface area contributed by atoms with Crippen molar-refractivity contribution in [1.29, 1.82) is 0 Å². The fourth-order valence-corrected chi connectivity index (χ4v) is 2.82. The van der Waals surface area contributed by atoms with E-state index in [1.54, 1.807) is 0 Å². The van der Waals surface area contributed by atoms with E-state index in [9.17, 15) is 4.79 Å².